The zero-order valence-electron chi connectivity index (χ0n) is 20.4. The summed E-state index contributed by atoms with van der Waals surface area (Å²) >= 11 is 18.3. The number of alkyl halides is 2. The van der Waals surface area contributed by atoms with Gasteiger partial charge >= 0.3 is 5.82 Å². The van der Waals surface area contributed by atoms with Crippen LogP contribution in [0.3, 0.4) is 0 Å². The van der Waals surface area contributed by atoms with Crippen molar-refractivity contribution in [2.75, 3.05) is 23.9 Å². The quantitative estimate of drug-likeness (QED) is 0.235. The molecule has 3 aromatic heterocycles. The van der Waals surface area contributed by atoms with Crippen LogP contribution in [-0.2, 0) is 11.3 Å². The highest BCUT2D eigenvalue weighted by molar-refractivity contribution is 6.54. The number of nitrogens with zero attached hydrogens (tertiary/aromatic N) is 4. The molecule has 0 spiro atoms. The summed E-state index contributed by atoms with van der Waals surface area (Å²) in [5.41, 5.74) is 2.19. The standard InChI is InChI=1S/C25H23Cl3N4O5/c1-13(2)21-19(35-25(34)36-21)12-32(24(33)22(27)28)15-7-5-6-14(10-15)18-11-17(30-37-18)20-16(26)8-9-29-23(20)31(3)4/h5-11,13,22H,12H2,1-4H3. The molecule has 0 fully saturated rings. The van der Waals surface area contributed by atoms with E-state index in [1.807, 2.05) is 32.8 Å². The first-order valence-electron chi connectivity index (χ1n) is 11.2. The van der Waals surface area contributed by atoms with Gasteiger partial charge in [-0.25, -0.2) is 9.78 Å². The van der Waals surface area contributed by atoms with Crippen molar-refractivity contribution in [2.45, 2.75) is 31.1 Å². The molecule has 0 radical (unpaired) electrons. The van der Waals surface area contributed by atoms with Gasteiger partial charge in [-0.3, -0.25) is 4.79 Å². The maximum atomic E-state index is 13.0. The van der Waals surface area contributed by atoms with Gasteiger partial charge in [-0.15, -0.1) is 0 Å². The lowest BCUT2D eigenvalue weighted by molar-refractivity contribution is -0.117. The number of hydrogen-bond acceptors (Lipinski definition) is 8. The highest BCUT2D eigenvalue weighted by Gasteiger charge is 2.27. The van der Waals surface area contributed by atoms with Crippen molar-refractivity contribution in [3.8, 4) is 22.6 Å². The average Bonchev–Trinajstić information content (AvgIpc) is 3.48. The molecule has 0 saturated carbocycles. The minimum Gasteiger partial charge on any atom is -0.395 e. The molecular formula is C25H23Cl3N4O5. The molecule has 0 unspecified atom stereocenters. The second-order valence-corrected chi connectivity index (χ2v) is 10.1. The third-order valence-electron chi connectivity index (χ3n) is 5.47. The Labute approximate surface area is 227 Å². The van der Waals surface area contributed by atoms with Crippen molar-refractivity contribution in [3.63, 3.8) is 0 Å². The summed E-state index contributed by atoms with van der Waals surface area (Å²) in [4.78, 5) is 30.9. The van der Waals surface area contributed by atoms with Crippen LogP contribution in [0.25, 0.3) is 22.6 Å². The zero-order valence-corrected chi connectivity index (χ0v) is 22.6. The number of halogens is 3. The van der Waals surface area contributed by atoms with Crippen molar-refractivity contribution < 1.29 is 18.2 Å². The van der Waals surface area contributed by atoms with E-state index in [0.29, 0.717) is 44.9 Å². The van der Waals surface area contributed by atoms with Crippen LogP contribution in [0.2, 0.25) is 5.02 Å². The van der Waals surface area contributed by atoms with Gasteiger partial charge < -0.3 is 23.2 Å². The Morgan fingerprint density at radius 2 is 1.86 bits per heavy atom. The Bertz CT molecular complexity index is 1470. The lowest BCUT2D eigenvalue weighted by Gasteiger charge is -2.23. The van der Waals surface area contributed by atoms with E-state index in [0.717, 1.165) is 0 Å². The van der Waals surface area contributed by atoms with E-state index in [4.69, 9.17) is 48.2 Å². The van der Waals surface area contributed by atoms with Crippen molar-refractivity contribution in [1.82, 2.24) is 10.1 Å². The highest BCUT2D eigenvalue weighted by Crippen LogP contribution is 2.37. The zero-order chi connectivity index (χ0) is 26.9. The molecule has 0 atom stereocenters. The summed E-state index contributed by atoms with van der Waals surface area (Å²) in [7, 11) is 3.71. The van der Waals surface area contributed by atoms with Gasteiger partial charge in [0.25, 0.3) is 5.91 Å². The van der Waals surface area contributed by atoms with Crippen LogP contribution in [0.15, 0.2) is 60.7 Å². The molecule has 37 heavy (non-hydrogen) atoms. The van der Waals surface area contributed by atoms with E-state index in [1.165, 1.54) is 4.90 Å². The molecule has 1 amide bonds. The van der Waals surface area contributed by atoms with Gasteiger partial charge in [0, 0.05) is 43.5 Å². The number of rotatable bonds is 8. The highest BCUT2D eigenvalue weighted by atomic mass is 35.5. The van der Waals surface area contributed by atoms with E-state index in [2.05, 4.69) is 10.1 Å². The Hall–Kier alpha value is -3.27. The van der Waals surface area contributed by atoms with Gasteiger partial charge in [0.1, 0.15) is 11.5 Å². The molecule has 0 aliphatic carbocycles. The van der Waals surface area contributed by atoms with Crippen molar-refractivity contribution >= 4 is 52.2 Å². The Kier molecular flexibility index (Phi) is 7.96. The molecule has 0 N–H and O–H groups in total. The monoisotopic (exact) mass is 564 g/mol. The van der Waals surface area contributed by atoms with Gasteiger partial charge in [0.05, 0.1) is 17.1 Å². The summed E-state index contributed by atoms with van der Waals surface area (Å²) in [6, 6.07) is 10.4. The van der Waals surface area contributed by atoms with Gasteiger partial charge in [-0.1, -0.05) is 65.9 Å². The Morgan fingerprint density at radius 1 is 1.11 bits per heavy atom. The first kappa shape index (κ1) is 26.8. The number of benzene rings is 1. The summed E-state index contributed by atoms with van der Waals surface area (Å²) in [5.74, 6) is 0.00680. The second-order valence-electron chi connectivity index (χ2n) is 8.63. The maximum absolute atomic E-state index is 13.0. The molecule has 0 aliphatic heterocycles. The topological polar surface area (TPSA) is 106 Å². The van der Waals surface area contributed by atoms with Crippen LogP contribution >= 0.6 is 34.8 Å². The van der Waals surface area contributed by atoms with Crippen LogP contribution in [0.1, 0.15) is 31.3 Å². The van der Waals surface area contributed by atoms with Crippen molar-refractivity contribution in [2.24, 2.45) is 0 Å². The minimum absolute atomic E-state index is 0.114. The van der Waals surface area contributed by atoms with Crippen LogP contribution < -0.4 is 15.6 Å². The van der Waals surface area contributed by atoms with E-state index in [-0.39, 0.29) is 18.2 Å². The fourth-order valence-corrected chi connectivity index (χ4v) is 4.26. The summed E-state index contributed by atoms with van der Waals surface area (Å²) in [6.45, 7) is 3.57. The maximum Gasteiger partial charge on any atom is 0.519 e. The molecule has 0 aliphatic rings. The molecule has 12 heteroatoms. The molecule has 194 valence electrons. The van der Waals surface area contributed by atoms with Crippen molar-refractivity contribution in [3.05, 3.63) is 69.8 Å². The normalized spacial score (nSPS) is 11.4. The fourth-order valence-electron chi connectivity index (χ4n) is 3.79. The van der Waals surface area contributed by atoms with E-state index >= 15 is 0 Å². The molecule has 3 heterocycles. The van der Waals surface area contributed by atoms with E-state index < -0.39 is 16.6 Å². The SMILES string of the molecule is CC(C)c1oc(=O)oc1CN(C(=O)C(Cl)Cl)c1cccc(-c2cc(-c3c(Cl)ccnc3N(C)C)no2)c1. The first-order chi connectivity index (χ1) is 17.6. The molecule has 0 saturated heterocycles. The number of carbonyl (C=O) groups excluding carboxylic acids is 1. The number of anilines is 2. The van der Waals surface area contributed by atoms with Crippen LogP contribution in [0.4, 0.5) is 11.5 Å². The predicted octanol–water partition coefficient (Wildman–Crippen LogP) is 6.13. The molecule has 4 aromatic rings. The van der Waals surface area contributed by atoms with Crippen LogP contribution in [-0.4, -0.2) is 35.0 Å². The number of amides is 1. The average molecular weight is 566 g/mol. The summed E-state index contributed by atoms with van der Waals surface area (Å²) in [6.07, 6.45) is 1.62. The predicted molar refractivity (Wildman–Crippen MR) is 143 cm³/mol. The van der Waals surface area contributed by atoms with Gasteiger partial charge in [0.15, 0.2) is 22.1 Å². The first-order valence-corrected chi connectivity index (χ1v) is 12.4. The number of pyridine rings is 1. The van der Waals surface area contributed by atoms with E-state index in [1.54, 1.807) is 42.6 Å². The minimum atomic E-state index is -1.35. The lowest BCUT2D eigenvalue weighted by atomic mass is 10.1. The number of hydrogen-bond donors (Lipinski definition) is 0. The molecular weight excluding hydrogens is 543 g/mol. The van der Waals surface area contributed by atoms with Crippen molar-refractivity contribution in [1.29, 1.82) is 0 Å². The van der Waals surface area contributed by atoms with Gasteiger partial charge in [-0.05, 0) is 18.2 Å². The van der Waals surface area contributed by atoms with Crippen LogP contribution in [0, 0.1) is 0 Å². The van der Waals surface area contributed by atoms with E-state index in [9.17, 15) is 9.59 Å². The Morgan fingerprint density at radius 3 is 2.54 bits per heavy atom. The molecule has 9 nitrogen and oxygen atoms in total. The smallest absolute Gasteiger partial charge is 0.395 e. The Balaban J connectivity index is 1.73. The summed E-state index contributed by atoms with van der Waals surface area (Å²) < 4.78 is 16.0. The third-order valence-corrected chi connectivity index (χ3v) is 6.15. The third kappa shape index (κ3) is 5.69. The fraction of sp³-hybridized carbons (Fsp3) is 0.280. The second kappa shape index (κ2) is 11.0. The number of aromatic nitrogens is 2. The van der Waals surface area contributed by atoms with Crippen LogP contribution in [0.5, 0.6) is 0 Å². The summed E-state index contributed by atoms with van der Waals surface area (Å²) in [5, 5.41) is 4.67. The molecule has 0 bridgehead atoms. The number of carbonyl (C=O) groups is 1. The molecule has 1 aromatic carbocycles. The largest absolute Gasteiger partial charge is 0.519 e. The van der Waals surface area contributed by atoms with Gasteiger partial charge in [0.2, 0.25) is 0 Å². The lowest BCUT2D eigenvalue weighted by Crippen LogP contribution is -2.34. The van der Waals surface area contributed by atoms with Gasteiger partial charge in [-0.2, -0.15) is 0 Å². The molecule has 4 rings (SSSR count).